The fraction of sp³-hybridized carbons (Fsp3) is 0.632. The van der Waals surface area contributed by atoms with Gasteiger partial charge in [-0.2, -0.15) is 11.8 Å². The monoisotopic (exact) mass is 396 g/mol. The summed E-state index contributed by atoms with van der Waals surface area (Å²) in [5.41, 5.74) is 0.457. The molecule has 0 spiro atoms. The number of hydrogen-bond acceptors (Lipinski definition) is 6. The number of nitrogens with one attached hydrogen (secondary N) is 3. The van der Waals surface area contributed by atoms with E-state index in [9.17, 15) is 9.59 Å². The molecule has 1 heterocycles. The number of thioether (sulfide) groups is 1. The largest absolute Gasteiger partial charge is 0.444 e. The molecule has 7 nitrogen and oxygen atoms in total. The van der Waals surface area contributed by atoms with Crippen LogP contribution in [-0.2, 0) is 16.1 Å². The minimum atomic E-state index is -0.504. The van der Waals surface area contributed by atoms with E-state index in [2.05, 4.69) is 20.9 Å². The van der Waals surface area contributed by atoms with Crippen LogP contribution < -0.4 is 16.0 Å². The molecule has 2 amide bonds. The number of amides is 2. The van der Waals surface area contributed by atoms with Crippen molar-refractivity contribution in [3.63, 3.8) is 0 Å². The summed E-state index contributed by atoms with van der Waals surface area (Å²) in [6.45, 7) is 10.4. The Hall–Kier alpha value is -1.80. The zero-order valence-electron chi connectivity index (χ0n) is 16.9. The Bertz CT molecular complexity index is 576. The Morgan fingerprint density at radius 3 is 2.59 bits per heavy atom. The van der Waals surface area contributed by atoms with Gasteiger partial charge in [0, 0.05) is 43.0 Å². The maximum Gasteiger partial charge on any atom is 0.407 e. The van der Waals surface area contributed by atoms with Crippen molar-refractivity contribution in [2.45, 2.75) is 58.8 Å². The van der Waals surface area contributed by atoms with Crippen molar-refractivity contribution >= 4 is 23.8 Å². The molecule has 0 fully saturated rings. The number of alkyl carbamates (subject to hydrolysis) is 1. The second kappa shape index (κ2) is 11.8. The first-order valence-corrected chi connectivity index (χ1v) is 10.3. The van der Waals surface area contributed by atoms with Gasteiger partial charge in [0.15, 0.2) is 0 Å². The molecule has 8 heteroatoms. The number of rotatable bonds is 10. The molecule has 0 saturated heterocycles. The average molecular weight is 397 g/mol. The van der Waals surface area contributed by atoms with Crippen LogP contribution in [0.2, 0.25) is 0 Å². The van der Waals surface area contributed by atoms with Gasteiger partial charge in [0.2, 0.25) is 5.91 Å². The predicted molar refractivity (Wildman–Crippen MR) is 110 cm³/mol. The van der Waals surface area contributed by atoms with Crippen LogP contribution in [-0.4, -0.2) is 52.7 Å². The summed E-state index contributed by atoms with van der Waals surface area (Å²) in [7, 11) is 0. The van der Waals surface area contributed by atoms with Crippen molar-refractivity contribution in [2.75, 3.05) is 18.1 Å². The van der Waals surface area contributed by atoms with Gasteiger partial charge >= 0.3 is 6.09 Å². The zero-order chi connectivity index (χ0) is 20.3. The fourth-order valence-electron chi connectivity index (χ4n) is 2.16. The quantitative estimate of drug-likeness (QED) is 0.526. The van der Waals surface area contributed by atoms with Gasteiger partial charge in [-0.3, -0.25) is 9.78 Å². The Kier molecular flexibility index (Phi) is 10.2. The molecule has 1 aromatic heterocycles. The maximum absolute atomic E-state index is 12.5. The number of nitrogens with zero attached hydrogens (tertiary/aromatic N) is 1. The molecule has 3 N–H and O–H groups in total. The second-order valence-electron chi connectivity index (χ2n) is 7.46. The normalized spacial score (nSPS) is 12.5. The molecule has 0 bridgehead atoms. The maximum atomic E-state index is 12.5. The molecule has 0 unspecified atom stereocenters. The highest BCUT2D eigenvalue weighted by Gasteiger charge is 2.19. The Morgan fingerprint density at radius 1 is 1.26 bits per heavy atom. The summed E-state index contributed by atoms with van der Waals surface area (Å²) in [4.78, 5) is 28.1. The Balaban J connectivity index is 2.34. The van der Waals surface area contributed by atoms with Crippen LogP contribution in [0.5, 0.6) is 0 Å². The van der Waals surface area contributed by atoms with E-state index in [1.54, 1.807) is 24.2 Å². The van der Waals surface area contributed by atoms with E-state index in [-0.39, 0.29) is 18.0 Å². The van der Waals surface area contributed by atoms with Gasteiger partial charge in [0.25, 0.3) is 0 Å². The van der Waals surface area contributed by atoms with Crippen LogP contribution in [0.15, 0.2) is 24.5 Å². The third kappa shape index (κ3) is 11.5. The lowest BCUT2D eigenvalue weighted by Gasteiger charge is -2.21. The van der Waals surface area contributed by atoms with Crippen LogP contribution >= 0.6 is 11.8 Å². The number of pyridine rings is 1. The van der Waals surface area contributed by atoms with Crippen LogP contribution in [0, 0.1) is 0 Å². The van der Waals surface area contributed by atoms with Crippen molar-refractivity contribution in [2.24, 2.45) is 0 Å². The van der Waals surface area contributed by atoms with Crippen LogP contribution in [0.1, 0.15) is 40.2 Å². The van der Waals surface area contributed by atoms with Crippen LogP contribution in [0.25, 0.3) is 0 Å². The molecule has 27 heavy (non-hydrogen) atoms. The molecule has 1 rings (SSSR count). The zero-order valence-corrected chi connectivity index (χ0v) is 17.7. The van der Waals surface area contributed by atoms with Crippen molar-refractivity contribution in [1.29, 1.82) is 0 Å². The van der Waals surface area contributed by atoms with Gasteiger partial charge in [-0.15, -0.1) is 0 Å². The lowest BCUT2D eigenvalue weighted by molar-refractivity contribution is -0.122. The number of carbonyl (C=O) groups excluding carboxylic acids is 2. The van der Waals surface area contributed by atoms with Gasteiger partial charge in [-0.25, -0.2) is 4.79 Å². The van der Waals surface area contributed by atoms with E-state index >= 15 is 0 Å². The summed E-state index contributed by atoms with van der Waals surface area (Å²) >= 11 is 1.61. The molecule has 0 saturated carbocycles. The van der Waals surface area contributed by atoms with Crippen molar-refractivity contribution in [1.82, 2.24) is 20.9 Å². The van der Waals surface area contributed by atoms with Gasteiger partial charge in [-0.1, -0.05) is 19.9 Å². The predicted octanol–water partition coefficient (Wildman–Crippen LogP) is 2.32. The van der Waals surface area contributed by atoms with Crippen molar-refractivity contribution < 1.29 is 14.3 Å². The van der Waals surface area contributed by atoms with Gasteiger partial charge < -0.3 is 20.7 Å². The highest BCUT2D eigenvalue weighted by molar-refractivity contribution is 7.99. The minimum absolute atomic E-state index is 0.0415. The molecular weight excluding hydrogens is 364 g/mol. The van der Waals surface area contributed by atoms with Crippen LogP contribution in [0.4, 0.5) is 4.79 Å². The summed E-state index contributed by atoms with van der Waals surface area (Å²) in [6.07, 6.45) is 3.02. The first-order chi connectivity index (χ1) is 12.7. The molecule has 0 aromatic carbocycles. The number of carbonyl (C=O) groups is 2. The summed E-state index contributed by atoms with van der Waals surface area (Å²) in [5, 5.41) is 8.95. The molecule has 1 atom stereocenters. The lowest BCUT2D eigenvalue weighted by Crippen LogP contribution is -2.48. The minimum Gasteiger partial charge on any atom is -0.444 e. The summed E-state index contributed by atoms with van der Waals surface area (Å²) in [5.74, 6) is 1.28. The second-order valence-corrected chi connectivity index (χ2v) is 8.61. The first-order valence-electron chi connectivity index (χ1n) is 9.14. The number of aromatic nitrogens is 1. The SMILES string of the molecule is CC(C)N[C@@H](CSCCNC(=O)OC(C)(C)C)C(=O)NCc1cccnc1. The average Bonchev–Trinajstić information content (AvgIpc) is 2.57. The van der Waals surface area contributed by atoms with E-state index in [1.807, 2.05) is 46.8 Å². The summed E-state index contributed by atoms with van der Waals surface area (Å²) in [6, 6.07) is 3.67. The fourth-order valence-corrected chi connectivity index (χ4v) is 3.05. The van der Waals surface area contributed by atoms with E-state index in [0.717, 1.165) is 5.56 Å². The molecule has 0 radical (unpaired) electrons. The van der Waals surface area contributed by atoms with Gasteiger partial charge in [0.05, 0.1) is 6.04 Å². The number of ether oxygens (including phenoxy) is 1. The molecule has 1 aromatic rings. The third-order valence-electron chi connectivity index (χ3n) is 3.24. The Labute approximate surface area is 166 Å². The lowest BCUT2D eigenvalue weighted by atomic mass is 10.2. The molecule has 0 aliphatic carbocycles. The van der Waals surface area contributed by atoms with E-state index in [1.165, 1.54) is 0 Å². The highest BCUT2D eigenvalue weighted by Crippen LogP contribution is 2.07. The van der Waals surface area contributed by atoms with E-state index < -0.39 is 11.7 Å². The Morgan fingerprint density at radius 2 is 2.00 bits per heavy atom. The highest BCUT2D eigenvalue weighted by atomic mass is 32.2. The molecule has 0 aliphatic rings. The van der Waals surface area contributed by atoms with Gasteiger partial charge in [-0.05, 0) is 32.4 Å². The van der Waals surface area contributed by atoms with Gasteiger partial charge in [0.1, 0.15) is 5.60 Å². The summed E-state index contributed by atoms with van der Waals surface area (Å²) < 4.78 is 5.19. The first kappa shape index (κ1) is 23.2. The van der Waals surface area contributed by atoms with Crippen LogP contribution in [0.3, 0.4) is 0 Å². The number of hydrogen-bond donors (Lipinski definition) is 3. The van der Waals surface area contributed by atoms with E-state index in [0.29, 0.717) is 24.6 Å². The smallest absolute Gasteiger partial charge is 0.407 e. The molecule has 152 valence electrons. The van der Waals surface area contributed by atoms with E-state index in [4.69, 9.17) is 4.74 Å². The molecule has 0 aliphatic heterocycles. The van der Waals surface area contributed by atoms with Crippen molar-refractivity contribution in [3.05, 3.63) is 30.1 Å². The molecular formula is C19H32N4O3S. The topological polar surface area (TPSA) is 92.4 Å². The third-order valence-corrected chi connectivity index (χ3v) is 4.30. The van der Waals surface area contributed by atoms with Crippen molar-refractivity contribution in [3.8, 4) is 0 Å². The standard InChI is InChI=1S/C19H32N4O3S/c1-14(2)23-16(17(24)22-12-15-7-6-8-20-11-15)13-27-10-9-21-18(25)26-19(3,4)5/h6-8,11,14,16,23H,9-10,12-13H2,1-5H3,(H,21,25)(H,22,24)/t16-/m0/s1.